The summed E-state index contributed by atoms with van der Waals surface area (Å²) < 4.78 is 11.1. The van der Waals surface area contributed by atoms with E-state index in [2.05, 4.69) is 32.7 Å². The van der Waals surface area contributed by atoms with Crippen molar-refractivity contribution in [2.24, 2.45) is 0 Å². The van der Waals surface area contributed by atoms with E-state index in [9.17, 15) is 4.79 Å². The van der Waals surface area contributed by atoms with Gasteiger partial charge >= 0.3 is 6.03 Å². The molecule has 3 rings (SSSR count). The maximum absolute atomic E-state index is 12.3. The summed E-state index contributed by atoms with van der Waals surface area (Å²) in [5.41, 5.74) is 3.21. The summed E-state index contributed by atoms with van der Waals surface area (Å²) >= 11 is 0. The molecule has 0 atom stereocenters. The lowest BCUT2D eigenvalue weighted by Gasteiger charge is -2.27. The molecule has 1 saturated heterocycles. The lowest BCUT2D eigenvalue weighted by molar-refractivity contribution is 0.0341. The molecule has 1 aromatic carbocycles. The first-order chi connectivity index (χ1) is 14.1. The molecule has 156 valence electrons. The van der Waals surface area contributed by atoms with Gasteiger partial charge in [-0.15, -0.1) is 0 Å². The fourth-order valence-electron chi connectivity index (χ4n) is 3.19. The number of amides is 2. The molecular weight excluding hydrogens is 368 g/mol. The van der Waals surface area contributed by atoms with E-state index >= 15 is 0 Å². The second-order valence-corrected chi connectivity index (χ2v) is 7.33. The van der Waals surface area contributed by atoms with E-state index in [1.165, 1.54) is 5.56 Å². The zero-order valence-electron chi connectivity index (χ0n) is 17.2. The first kappa shape index (κ1) is 21.1. The van der Waals surface area contributed by atoms with Crippen LogP contribution in [0.3, 0.4) is 0 Å². The highest BCUT2D eigenvalue weighted by Crippen LogP contribution is 2.16. The van der Waals surface area contributed by atoms with E-state index in [0.717, 1.165) is 44.0 Å². The van der Waals surface area contributed by atoms with Crippen LogP contribution in [0.4, 0.5) is 4.79 Å². The molecule has 2 amide bonds. The number of hydrogen-bond acceptors (Lipinski definition) is 5. The summed E-state index contributed by atoms with van der Waals surface area (Å²) in [6, 6.07) is 11.7. The number of carbonyl (C=O) groups excluding carboxylic acids is 1. The Bertz CT molecular complexity index is 791. The second kappa shape index (κ2) is 10.8. The minimum Gasteiger partial charge on any atom is -0.475 e. The number of nitrogens with one attached hydrogen (secondary N) is 2. The second-order valence-electron chi connectivity index (χ2n) is 7.33. The predicted octanol–water partition coefficient (Wildman–Crippen LogP) is 2.70. The van der Waals surface area contributed by atoms with E-state index in [0.29, 0.717) is 19.0 Å². The van der Waals surface area contributed by atoms with Crippen LogP contribution in [0.1, 0.15) is 30.5 Å². The van der Waals surface area contributed by atoms with Crippen molar-refractivity contribution < 1.29 is 14.3 Å². The first-order valence-electron chi connectivity index (χ1n) is 10.1. The monoisotopic (exact) mass is 398 g/mol. The maximum Gasteiger partial charge on any atom is 0.315 e. The van der Waals surface area contributed by atoms with Gasteiger partial charge in [0.2, 0.25) is 5.88 Å². The molecule has 0 saturated carbocycles. The Kier molecular flexibility index (Phi) is 7.84. The fraction of sp³-hybridized carbons (Fsp3) is 0.455. The number of urea groups is 1. The van der Waals surface area contributed by atoms with E-state index < -0.39 is 0 Å². The van der Waals surface area contributed by atoms with Crippen LogP contribution in [-0.2, 0) is 24.4 Å². The SMILES string of the molecule is CC(C)Oc1ncccc1CNC(=O)NCc1ccccc1CN1CCOCC1. The standard InChI is InChI=1S/C22H30N4O3/c1-17(2)29-21-19(8-5-9-23-21)15-25-22(27)24-14-18-6-3-4-7-20(18)16-26-10-12-28-13-11-26/h3-9,17H,10-16H2,1-2H3,(H2,24,25,27). The Balaban J connectivity index is 1.51. The van der Waals surface area contributed by atoms with E-state index in [4.69, 9.17) is 9.47 Å². The minimum absolute atomic E-state index is 0.0282. The summed E-state index contributed by atoms with van der Waals surface area (Å²) in [6.45, 7) is 9.04. The van der Waals surface area contributed by atoms with Gasteiger partial charge in [0, 0.05) is 44.5 Å². The number of morpholine rings is 1. The number of nitrogens with zero attached hydrogens (tertiary/aromatic N) is 2. The predicted molar refractivity (Wildman–Crippen MR) is 112 cm³/mol. The molecule has 0 bridgehead atoms. The lowest BCUT2D eigenvalue weighted by Crippen LogP contribution is -2.37. The van der Waals surface area contributed by atoms with Crippen molar-refractivity contribution >= 4 is 6.03 Å². The van der Waals surface area contributed by atoms with Crippen molar-refractivity contribution in [3.8, 4) is 5.88 Å². The van der Waals surface area contributed by atoms with Crippen LogP contribution in [0, 0.1) is 0 Å². The number of hydrogen-bond donors (Lipinski definition) is 2. The van der Waals surface area contributed by atoms with Gasteiger partial charge in [-0.25, -0.2) is 9.78 Å². The molecule has 2 N–H and O–H groups in total. The van der Waals surface area contributed by atoms with Gasteiger partial charge in [0.25, 0.3) is 0 Å². The molecule has 0 unspecified atom stereocenters. The molecule has 2 heterocycles. The summed E-state index contributed by atoms with van der Waals surface area (Å²) in [6.07, 6.45) is 1.72. The third kappa shape index (κ3) is 6.73. The van der Waals surface area contributed by atoms with Gasteiger partial charge in [0.05, 0.1) is 19.3 Å². The highest BCUT2D eigenvalue weighted by molar-refractivity contribution is 5.73. The van der Waals surface area contributed by atoms with Crippen molar-refractivity contribution in [2.75, 3.05) is 26.3 Å². The average Bonchev–Trinajstić information content (AvgIpc) is 2.73. The first-order valence-corrected chi connectivity index (χ1v) is 10.1. The topological polar surface area (TPSA) is 75.7 Å². The molecule has 1 fully saturated rings. The molecule has 0 aliphatic carbocycles. The molecule has 7 nitrogen and oxygen atoms in total. The number of benzene rings is 1. The molecular formula is C22H30N4O3. The Hall–Kier alpha value is -2.64. The van der Waals surface area contributed by atoms with Crippen LogP contribution in [0.25, 0.3) is 0 Å². The van der Waals surface area contributed by atoms with Crippen molar-refractivity contribution in [2.45, 2.75) is 39.6 Å². The minimum atomic E-state index is -0.217. The van der Waals surface area contributed by atoms with Crippen LogP contribution >= 0.6 is 0 Å². The highest BCUT2D eigenvalue weighted by atomic mass is 16.5. The van der Waals surface area contributed by atoms with Gasteiger partial charge in [-0.3, -0.25) is 4.90 Å². The van der Waals surface area contributed by atoms with Crippen molar-refractivity contribution in [3.05, 3.63) is 59.3 Å². The summed E-state index contributed by atoms with van der Waals surface area (Å²) in [5, 5.41) is 5.84. The quantitative estimate of drug-likeness (QED) is 0.715. The number of ether oxygens (including phenoxy) is 2. The molecule has 2 aromatic rings. The smallest absolute Gasteiger partial charge is 0.315 e. The summed E-state index contributed by atoms with van der Waals surface area (Å²) in [5.74, 6) is 0.554. The lowest BCUT2D eigenvalue weighted by atomic mass is 10.1. The third-order valence-electron chi connectivity index (χ3n) is 4.69. The number of aromatic nitrogens is 1. The van der Waals surface area contributed by atoms with Gasteiger partial charge in [0.1, 0.15) is 0 Å². The van der Waals surface area contributed by atoms with Gasteiger partial charge in [-0.1, -0.05) is 30.3 Å². The zero-order chi connectivity index (χ0) is 20.5. The normalized spacial score (nSPS) is 14.6. The van der Waals surface area contributed by atoms with Crippen LogP contribution in [0.5, 0.6) is 5.88 Å². The van der Waals surface area contributed by atoms with Crippen molar-refractivity contribution in [1.82, 2.24) is 20.5 Å². The Morgan fingerprint density at radius 1 is 1.07 bits per heavy atom. The molecule has 7 heteroatoms. The summed E-state index contributed by atoms with van der Waals surface area (Å²) in [4.78, 5) is 18.9. The Morgan fingerprint density at radius 3 is 2.45 bits per heavy atom. The van der Waals surface area contributed by atoms with Crippen molar-refractivity contribution in [1.29, 1.82) is 0 Å². The Labute approximate surface area is 172 Å². The molecule has 0 spiro atoms. The molecule has 1 aromatic heterocycles. The molecule has 0 radical (unpaired) electrons. The van der Waals surface area contributed by atoms with Crippen LogP contribution in [0.2, 0.25) is 0 Å². The summed E-state index contributed by atoms with van der Waals surface area (Å²) in [7, 11) is 0. The van der Waals surface area contributed by atoms with E-state index in [1.807, 2.05) is 38.1 Å². The number of rotatable bonds is 8. The number of pyridine rings is 1. The highest BCUT2D eigenvalue weighted by Gasteiger charge is 2.13. The average molecular weight is 399 g/mol. The van der Waals surface area contributed by atoms with E-state index in [-0.39, 0.29) is 12.1 Å². The Morgan fingerprint density at radius 2 is 1.72 bits per heavy atom. The molecule has 29 heavy (non-hydrogen) atoms. The zero-order valence-corrected chi connectivity index (χ0v) is 17.2. The van der Waals surface area contributed by atoms with Gasteiger partial charge < -0.3 is 20.1 Å². The van der Waals surface area contributed by atoms with Crippen molar-refractivity contribution in [3.63, 3.8) is 0 Å². The van der Waals surface area contributed by atoms with Crippen LogP contribution in [-0.4, -0.2) is 48.3 Å². The van der Waals surface area contributed by atoms with Crippen LogP contribution < -0.4 is 15.4 Å². The van der Waals surface area contributed by atoms with Gasteiger partial charge in [-0.05, 0) is 31.0 Å². The molecule has 1 aliphatic heterocycles. The van der Waals surface area contributed by atoms with Gasteiger partial charge in [0.15, 0.2) is 0 Å². The third-order valence-corrected chi connectivity index (χ3v) is 4.69. The van der Waals surface area contributed by atoms with Gasteiger partial charge in [-0.2, -0.15) is 0 Å². The fourth-order valence-corrected chi connectivity index (χ4v) is 3.19. The maximum atomic E-state index is 12.3. The van der Waals surface area contributed by atoms with E-state index in [1.54, 1.807) is 6.20 Å². The largest absolute Gasteiger partial charge is 0.475 e. The molecule has 1 aliphatic rings. The number of carbonyl (C=O) groups is 1. The van der Waals surface area contributed by atoms with Crippen LogP contribution in [0.15, 0.2) is 42.6 Å².